The average Bonchev–Trinajstić information content (AvgIpc) is 3.21. The van der Waals surface area contributed by atoms with Crippen LogP contribution in [0.2, 0.25) is 0 Å². The first-order valence-electron chi connectivity index (χ1n) is 8.90. The lowest BCUT2D eigenvalue weighted by atomic mass is 10.1. The minimum Gasteiger partial charge on any atom is -0.303 e. The smallest absolute Gasteiger partial charge is 0.123 e. The lowest BCUT2D eigenvalue weighted by Crippen LogP contribution is -1.94. The molecule has 0 saturated heterocycles. The summed E-state index contributed by atoms with van der Waals surface area (Å²) in [6, 6.07) is 0. The first kappa shape index (κ1) is 12.0. The Morgan fingerprint density at radius 3 is 1.70 bits per heavy atom. The molecule has 108 valence electrons. The highest BCUT2D eigenvalue weighted by Gasteiger charge is 2.63. The predicted octanol–water partition coefficient (Wildman–Crippen LogP) is 3.94. The zero-order valence-corrected chi connectivity index (χ0v) is 12.4. The Balaban J connectivity index is 1.09. The molecule has 0 aromatic carbocycles. The molecule has 20 heavy (non-hydrogen) atoms. The molecule has 5 aliphatic rings. The van der Waals surface area contributed by atoms with E-state index in [1.807, 2.05) is 0 Å². The van der Waals surface area contributed by atoms with E-state index in [1.54, 1.807) is 0 Å². The van der Waals surface area contributed by atoms with E-state index in [0.717, 1.165) is 53.3 Å². The molecular formula is C19H26O. The number of hydrogen-bond acceptors (Lipinski definition) is 1. The number of carbonyl (C=O) groups excluding carboxylic acids is 1. The molecule has 1 heteroatoms. The molecule has 0 amide bonds. The summed E-state index contributed by atoms with van der Waals surface area (Å²) in [5.41, 5.74) is 0. The zero-order valence-electron chi connectivity index (χ0n) is 12.4. The van der Waals surface area contributed by atoms with E-state index >= 15 is 0 Å². The summed E-state index contributed by atoms with van der Waals surface area (Å²) in [4.78, 5) is 10.8. The van der Waals surface area contributed by atoms with Gasteiger partial charge in [-0.25, -0.2) is 0 Å². The highest BCUT2D eigenvalue weighted by atomic mass is 16.1. The van der Waals surface area contributed by atoms with Crippen LogP contribution in [0.3, 0.4) is 0 Å². The van der Waals surface area contributed by atoms with E-state index in [4.69, 9.17) is 0 Å². The fraction of sp³-hybridized carbons (Fsp3) is 0.842. The van der Waals surface area contributed by atoms with Gasteiger partial charge in [0.15, 0.2) is 0 Å². The van der Waals surface area contributed by atoms with Crippen molar-refractivity contribution in [3.05, 3.63) is 12.2 Å². The van der Waals surface area contributed by atoms with E-state index in [0.29, 0.717) is 5.92 Å². The Labute approximate surface area is 122 Å². The second-order valence-corrected chi connectivity index (χ2v) is 8.65. The van der Waals surface area contributed by atoms with E-state index < -0.39 is 0 Å². The van der Waals surface area contributed by atoms with Crippen molar-refractivity contribution in [1.82, 2.24) is 0 Å². The first-order chi connectivity index (χ1) is 9.76. The van der Waals surface area contributed by atoms with Gasteiger partial charge in [-0.2, -0.15) is 0 Å². The molecule has 0 bridgehead atoms. The van der Waals surface area contributed by atoms with Crippen molar-refractivity contribution in [2.75, 3.05) is 0 Å². The summed E-state index contributed by atoms with van der Waals surface area (Å²) >= 11 is 0. The summed E-state index contributed by atoms with van der Waals surface area (Å²) < 4.78 is 0. The van der Waals surface area contributed by atoms with Crippen molar-refractivity contribution >= 4 is 6.29 Å². The quantitative estimate of drug-likeness (QED) is 0.528. The summed E-state index contributed by atoms with van der Waals surface area (Å²) in [5.74, 6) is 9.28. The van der Waals surface area contributed by atoms with Crippen LogP contribution in [0.15, 0.2) is 12.2 Å². The van der Waals surface area contributed by atoms with Crippen molar-refractivity contribution in [2.24, 2.45) is 59.2 Å². The summed E-state index contributed by atoms with van der Waals surface area (Å²) in [5, 5.41) is 0. The molecule has 1 nitrogen and oxygen atoms in total. The molecule has 0 N–H and O–H groups in total. The van der Waals surface area contributed by atoms with Crippen LogP contribution in [-0.2, 0) is 4.79 Å². The molecule has 5 fully saturated rings. The van der Waals surface area contributed by atoms with Crippen molar-refractivity contribution in [3.63, 3.8) is 0 Å². The minimum absolute atomic E-state index is 0.458. The van der Waals surface area contributed by atoms with Crippen LogP contribution >= 0.6 is 0 Å². The van der Waals surface area contributed by atoms with Gasteiger partial charge in [0.05, 0.1) is 0 Å². The zero-order chi connectivity index (χ0) is 13.4. The molecule has 10 atom stereocenters. The normalized spacial score (nSPS) is 62.2. The predicted molar refractivity (Wildman–Crippen MR) is 78.9 cm³/mol. The molecule has 0 unspecified atom stereocenters. The van der Waals surface area contributed by atoms with Gasteiger partial charge in [-0.3, -0.25) is 0 Å². The van der Waals surface area contributed by atoms with E-state index in [2.05, 4.69) is 19.1 Å². The average molecular weight is 270 g/mol. The summed E-state index contributed by atoms with van der Waals surface area (Å²) in [6.07, 6.45) is 13.4. The van der Waals surface area contributed by atoms with Crippen LogP contribution in [0.25, 0.3) is 0 Å². The van der Waals surface area contributed by atoms with Crippen molar-refractivity contribution in [1.29, 1.82) is 0 Å². The number of rotatable bonds is 6. The third kappa shape index (κ3) is 2.00. The second-order valence-electron chi connectivity index (χ2n) is 8.65. The van der Waals surface area contributed by atoms with E-state index in [1.165, 1.54) is 38.4 Å². The molecule has 0 spiro atoms. The largest absolute Gasteiger partial charge is 0.303 e. The summed E-state index contributed by atoms with van der Waals surface area (Å²) in [7, 11) is 0. The van der Waals surface area contributed by atoms with Gasteiger partial charge in [0.25, 0.3) is 0 Å². The van der Waals surface area contributed by atoms with Crippen LogP contribution < -0.4 is 0 Å². The maximum Gasteiger partial charge on any atom is 0.123 e. The monoisotopic (exact) mass is 270 g/mol. The lowest BCUT2D eigenvalue weighted by molar-refractivity contribution is -0.109. The Bertz CT molecular complexity index is 466. The number of allylic oxidation sites excluding steroid dienone is 2. The third-order valence-corrected chi connectivity index (χ3v) is 7.17. The van der Waals surface area contributed by atoms with Gasteiger partial charge in [0.2, 0.25) is 0 Å². The Kier molecular flexibility index (Phi) is 2.39. The first-order valence-corrected chi connectivity index (χ1v) is 8.90. The van der Waals surface area contributed by atoms with E-state index in [9.17, 15) is 4.79 Å². The molecule has 0 radical (unpaired) electrons. The highest BCUT2D eigenvalue weighted by Crippen LogP contribution is 2.70. The number of hydrogen-bond donors (Lipinski definition) is 0. The van der Waals surface area contributed by atoms with Crippen LogP contribution in [-0.4, -0.2) is 6.29 Å². The fourth-order valence-corrected chi connectivity index (χ4v) is 5.18. The Morgan fingerprint density at radius 2 is 1.15 bits per heavy atom. The highest BCUT2D eigenvalue weighted by molar-refractivity contribution is 5.58. The third-order valence-electron chi connectivity index (χ3n) is 7.17. The van der Waals surface area contributed by atoms with Crippen LogP contribution in [0.4, 0.5) is 0 Å². The van der Waals surface area contributed by atoms with Crippen molar-refractivity contribution < 1.29 is 4.79 Å². The number of aldehydes is 1. The molecule has 0 aromatic heterocycles. The molecule has 0 aromatic rings. The molecule has 5 saturated carbocycles. The minimum atomic E-state index is 0.458. The summed E-state index contributed by atoms with van der Waals surface area (Å²) in [6.45, 7) is 2.37. The molecule has 0 aliphatic heterocycles. The Morgan fingerprint density at radius 1 is 0.650 bits per heavy atom. The van der Waals surface area contributed by atoms with Gasteiger partial charge in [0, 0.05) is 5.92 Å². The second kappa shape index (κ2) is 3.99. The van der Waals surface area contributed by atoms with Gasteiger partial charge in [-0.05, 0) is 85.4 Å². The molecule has 5 rings (SSSR count). The molecule has 5 aliphatic carbocycles. The maximum absolute atomic E-state index is 10.8. The lowest BCUT2D eigenvalue weighted by Gasteiger charge is -1.98. The van der Waals surface area contributed by atoms with Gasteiger partial charge >= 0.3 is 0 Å². The van der Waals surface area contributed by atoms with Crippen molar-refractivity contribution in [2.45, 2.75) is 39.0 Å². The van der Waals surface area contributed by atoms with Gasteiger partial charge in [0.1, 0.15) is 6.29 Å². The van der Waals surface area contributed by atoms with Crippen LogP contribution in [0.5, 0.6) is 0 Å². The SMILES string of the molecule is C[C@@H]1C[C@H]1/C=C/[C@@H]1C[C@H]1[C@@H]1C[C@H]1[C@@H]1C[C@H]1[C@@H]1C[C@H]1C=O. The molecular weight excluding hydrogens is 244 g/mol. The van der Waals surface area contributed by atoms with Gasteiger partial charge in [-0.1, -0.05) is 19.1 Å². The number of carbonyl (C=O) groups is 1. The van der Waals surface area contributed by atoms with Gasteiger partial charge < -0.3 is 4.79 Å². The van der Waals surface area contributed by atoms with Crippen LogP contribution in [0, 0.1) is 59.2 Å². The Hall–Kier alpha value is -0.590. The fourth-order valence-electron chi connectivity index (χ4n) is 5.18. The topological polar surface area (TPSA) is 17.1 Å². The molecule has 0 heterocycles. The van der Waals surface area contributed by atoms with Gasteiger partial charge in [-0.15, -0.1) is 0 Å². The van der Waals surface area contributed by atoms with E-state index in [-0.39, 0.29) is 0 Å². The standard InChI is InChI=1S/C19H26O/c1-10-4-11(10)2-3-12-5-14(12)16-7-18(16)19-8-17(19)15-6-13(15)9-20/h2-3,9-19H,4-8H2,1H3/b3-2+/t10-,11-,12-,13+,14-,15-,16+,17+,18-,19-/m1/s1. The maximum atomic E-state index is 10.8. The van der Waals surface area contributed by atoms with Crippen LogP contribution in [0.1, 0.15) is 39.0 Å². The van der Waals surface area contributed by atoms with Crippen molar-refractivity contribution in [3.8, 4) is 0 Å².